The minimum atomic E-state index is -0.605. The maximum Gasteiger partial charge on any atom is 0.311 e. The van der Waals surface area contributed by atoms with E-state index in [0.29, 0.717) is 19.1 Å². The van der Waals surface area contributed by atoms with Gasteiger partial charge in [0.05, 0.1) is 11.5 Å². The molecule has 102 valence electrons. The van der Waals surface area contributed by atoms with Gasteiger partial charge in [0, 0.05) is 18.1 Å². The highest BCUT2D eigenvalue weighted by Gasteiger charge is 2.15. The second-order valence-electron chi connectivity index (χ2n) is 3.87. The zero-order valence-corrected chi connectivity index (χ0v) is 10.2. The first-order valence-electron chi connectivity index (χ1n) is 5.69. The maximum absolute atomic E-state index is 10.8. The molecule has 1 aromatic carbocycles. The van der Waals surface area contributed by atoms with Gasteiger partial charge in [-0.1, -0.05) is 0 Å². The Balaban J connectivity index is 2.60. The summed E-state index contributed by atoms with van der Waals surface area (Å²) in [4.78, 5) is 31.3. The quantitative estimate of drug-likeness (QED) is 0.331. The van der Waals surface area contributed by atoms with Crippen LogP contribution in [-0.2, 0) is 4.79 Å². The predicted octanol–water partition coefficient (Wildman–Crippen LogP) is 1.44. The van der Waals surface area contributed by atoms with Gasteiger partial charge in [0.15, 0.2) is 5.75 Å². The van der Waals surface area contributed by atoms with E-state index >= 15 is 0 Å². The van der Waals surface area contributed by atoms with E-state index in [4.69, 9.17) is 10.5 Å². The second-order valence-corrected chi connectivity index (χ2v) is 3.87. The van der Waals surface area contributed by atoms with E-state index in [9.17, 15) is 19.7 Å². The molecule has 0 aliphatic heterocycles. The molecule has 1 aromatic rings. The van der Waals surface area contributed by atoms with Crippen LogP contribution in [0.2, 0.25) is 0 Å². The summed E-state index contributed by atoms with van der Waals surface area (Å²) in [5.41, 5.74) is 4.94. The average molecular weight is 266 g/mol. The van der Waals surface area contributed by atoms with E-state index in [0.717, 1.165) is 6.07 Å². The number of nitrogens with zero attached hydrogens (tertiary/aromatic N) is 1. The van der Waals surface area contributed by atoms with E-state index in [2.05, 4.69) is 0 Å². The highest BCUT2D eigenvalue weighted by molar-refractivity contribution is 5.77. The number of aldehydes is 1. The fourth-order valence-corrected chi connectivity index (χ4v) is 1.46. The third-order valence-corrected chi connectivity index (χ3v) is 2.39. The van der Waals surface area contributed by atoms with Crippen LogP contribution in [0.25, 0.3) is 0 Å². The molecular formula is C12H14N2O5. The number of hydrogen-bond donors (Lipinski definition) is 1. The third-order valence-electron chi connectivity index (χ3n) is 2.39. The number of hydrogen-bond acceptors (Lipinski definition) is 5. The Morgan fingerprint density at radius 2 is 2.16 bits per heavy atom. The van der Waals surface area contributed by atoms with Crippen molar-refractivity contribution in [3.8, 4) is 5.75 Å². The summed E-state index contributed by atoms with van der Waals surface area (Å²) in [7, 11) is 0. The van der Waals surface area contributed by atoms with E-state index in [1.165, 1.54) is 12.1 Å². The minimum Gasteiger partial charge on any atom is -0.487 e. The zero-order valence-electron chi connectivity index (χ0n) is 10.2. The molecule has 0 spiro atoms. The molecule has 0 unspecified atom stereocenters. The summed E-state index contributed by atoms with van der Waals surface area (Å²) >= 11 is 0. The molecule has 1 rings (SSSR count). The highest BCUT2D eigenvalue weighted by atomic mass is 16.6. The number of unbranched alkanes of at least 4 members (excludes halogenated alkanes) is 1. The van der Waals surface area contributed by atoms with Crippen LogP contribution < -0.4 is 10.5 Å². The predicted molar refractivity (Wildman–Crippen MR) is 67.0 cm³/mol. The van der Waals surface area contributed by atoms with Crippen LogP contribution in [0.15, 0.2) is 18.2 Å². The van der Waals surface area contributed by atoms with E-state index in [-0.39, 0.29) is 35.9 Å². The number of nitro groups is 1. The Kier molecular flexibility index (Phi) is 5.46. The monoisotopic (exact) mass is 266 g/mol. The number of ether oxygens (including phenoxy) is 1. The molecule has 0 aromatic heterocycles. The van der Waals surface area contributed by atoms with Gasteiger partial charge in [-0.05, 0) is 25.0 Å². The van der Waals surface area contributed by atoms with Gasteiger partial charge in [0.2, 0.25) is 5.91 Å². The Hall–Kier alpha value is -2.44. The molecule has 2 N–H and O–H groups in total. The number of rotatable bonds is 8. The van der Waals surface area contributed by atoms with Crippen LogP contribution in [0.4, 0.5) is 5.69 Å². The van der Waals surface area contributed by atoms with Crippen molar-refractivity contribution in [3.63, 3.8) is 0 Å². The Labute approximate surface area is 109 Å². The number of primary amides is 1. The van der Waals surface area contributed by atoms with Crippen LogP contribution >= 0.6 is 0 Å². The van der Waals surface area contributed by atoms with Crippen molar-refractivity contribution in [2.75, 3.05) is 6.61 Å². The molecule has 0 aliphatic carbocycles. The number of carbonyl (C=O) groups excluding carboxylic acids is 2. The lowest BCUT2D eigenvalue weighted by molar-refractivity contribution is -0.385. The molecule has 7 heteroatoms. The van der Waals surface area contributed by atoms with Gasteiger partial charge in [-0.2, -0.15) is 0 Å². The molecule has 19 heavy (non-hydrogen) atoms. The van der Waals surface area contributed by atoms with Gasteiger partial charge in [0.25, 0.3) is 0 Å². The molecular weight excluding hydrogens is 252 g/mol. The third kappa shape index (κ3) is 4.74. The Morgan fingerprint density at radius 1 is 1.42 bits per heavy atom. The Bertz CT molecular complexity index is 487. The number of nitro benzene ring substituents is 1. The van der Waals surface area contributed by atoms with Crippen molar-refractivity contribution in [2.45, 2.75) is 19.3 Å². The van der Waals surface area contributed by atoms with Crippen LogP contribution in [0.3, 0.4) is 0 Å². The smallest absolute Gasteiger partial charge is 0.311 e. The molecule has 0 saturated carbocycles. The van der Waals surface area contributed by atoms with Gasteiger partial charge in [-0.15, -0.1) is 0 Å². The summed E-state index contributed by atoms with van der Waals surface area (Å²) < 4.78 is 5.27. The van der Waals surface area contributed by atoms with Gasteiger partial charge < -0.3 is 10.5 Å². The molecule has 0 fully saturated rings. The van der Waals surface area contributed by atoms with Crippen molar-refractivity contribution in [3.05, 3.63) is 33.9 Å². The Morgan fingerprint density at radius 3 is 2.74 bits per heavy atom. The summed E-state index contributed by atoms with van der Waals surface area (Å²) in [6.07, 6.45) is 1.92. The largest absolute Gasteiger partial charge is 0.487 e. The molecule has 0 radical (unpaired) electrons. The lowest BCUT2D eigenvalue weighted by Gasteiger charge is -2.06. The van der Waals surface area contributed by atoms with Crippen LogP contribution in [-0.4, -0.2) is 23.7 Å². The van der Waals surface area contributed by atoms with Crippen molar-refractivity contribution in [1.82, 2.24) is 0 Å². The minimum absolute atomic E-state index is 0.106. The molecule has 0 saturated heterocycles. The molecule has 1 amide bonds. The average Bonchev–Trinajstić information content (AvgIpc) is 2.38. The first-order chi connectivity index (χ1) is 9.04. The summed E-state index contributed by atoms with van der Waals surface area (Å²) in [6, 6.07) is 3.99. The van der Waals surface area contributed by atoms with Crippen molar-refractivity contribution in [2.24, 2.45) is 5.73 Å². The van der Waals surface area contributed by atoms with Gasteiger partial charge >= 0.3 is 5.69 Å². The van der Waals surface area contributed by atoms with Crippen molar-refractivity contribution >= 4 is 17.9 Å². The number of nitrogens with two attached hydrogens (primary N) is 1. The van der Waals surface area contributed by atoms with Crippen molar-refractivity contribution in [1.29, 1.82) is 0 Å². The maximum atomic E-state index is 10.8. The first-order valence-corrected chi connectivity index (χ1v) is 5.69. The second kappa shape index (κ2) is 7.10. The van der Waals surface area contributed by atoms with Crippen LogP contribution in [0.5, 0.6) is 5.75 Å². The lowest BCUT2D eigenvalue weighted by Crippen LogP contribution is -2.10. The fraction of sp³-hybridized carbons (Fsp3) is 0.333. The van der Waals surface area contributed by atoms with Crippen LogP contribution in [0, 0.1) is 10.1 Å². The van der Waals surface area contributed by atoms with Crippen LogP contribution in [0.1, 0.15) is 29.6 Å². The normalized spacial score (nSPS) is 9.89. The molecule has 0 atom stereocenters. The summed E-state index contributed by atoms with van der Waals surface area (Å²) in [6.45, 7) is 0.245. The summed E-state index contributed by atoms with van der Waals surface area (Å²) in [5, 5.41) is 10.8. The number of benzene rings is 1. The van der Waals surface area contributed by atoms with E-state index in [1.54, 1.807) is 0 Å². The van der Waals surface area contributed by atoms with Gasteiger partial charge in [0.1, 0.15) is 6.29 Å². The number of carbonyl (C=O) groups is 2. The summed E-state index contributed by atoms with van der Waals surface area (Å²) in [5.74, 6) is -0.281. The fourth-order valence-electron chi connectivity index (χ4n) is 1.46. The number of amides is 1. The van der Waals surface area contributed by atoms with Crippen molar-refractivity contribution < 1.29 is 19.2 Å². The zero-order chi connectivity index (χ0) is 14.3. The molecule has 0 aliphatic rings. The highest BCUT2D eigenvalue weighted by Crippen LogP contribution is 2.27. The first kappa shape index (κ1) is 14.6. The van der Waals surface area contributed by atoms with Gasteiger partial charge in [-0.25, -0.2) is 0 Å². The topological polar surface area (TPSA) is 113 Å². The lowest BCUT2D eigenvalue weighted by atomic mass is 10.2. The molecule has 0 bridgehead atoms. The van der Waals surface area contributed by atoms with Gasteiger partial charge in [-0.3, -0.25) is 19.7 Å². The standard InChI is InChI=1S/C12H14N2O5/c13-12(16)3-1-2-6-19-11-5-4-9(8-15)7-10(11)14(17)18/h4-5,7-8H,1-3,6H2,(H2,13,16). The van der Waals surface area contributed by atoms with E-state index in [1.807, 2.05) is 0 Å². The molecule has 0 heterocycles. The SMILES string of the molecule is NC(=O)CCCCOc1ccc(C=O)cc1[N+](=O)[O-]. The van der Waals surface area contributed by atoms with E-state index < -0.39 is 4.92 Å². The molecule has 7 nitrogen and oxygen atoms in total.